The molecule has 0 aliphatic carbocycles. The van der Waals surface area contributed by atoms with Gasteiger partial charge in [-0.2, -0.15) is 0 Å². The van der Waals surface area contributed by atoms with Crippen molar-refractivity contribution in [2.75, 3.05) is 20.3 Å². The Morgan fingerprint density at radius 2 is 2.14 bits per heavy atom. The Hall–Kier alpha value is -2.25. The minimum Gasteiger partial charge on any atom is -0.490 e. The Balaban J connectivity index is 2.07. The van der Waals surface area contributed by atoms with E-state index < -0.39 is 0 Å². The van der Waals surface area contributed by atoms with Crippen LogP contribution in [0.4, 0.5) is 0 Å². The van der Waals surface area contributed by atoms with Gasteiger partial charge in [-0.3, -0.25) is 4.79 Å². The summed E-state index contributed by atoms with van der Waals surface area (Å²) in [5, 5.41) is 7.72. The molecule has 21 heavy (non-hydrogen) atoms. The van der Waals surface area contributed by atoms with E-state index in [2.05, 4.69) is 10.3 Å². The van der Waals surface area contributed by atoms with Gasteiger partial charge in [0.05, 0.1) is 24.1 Å². The largest absolute Gasteiger partial charge is 0.490 e. The highest BCUT2D eigenvalue weighted by molar-refractivity contribution is 5.98. The third-order valence-corrected chi connectivity index (χ3v) is 2.83. The fraction of sp³-hybridized carbons (Fsp3) is 0.357. The van der Waals surface area contributed by atoms with Gasteiger partial charge in [0.1, 0.15) is 18.9 Å². The number of aromatic nitrogens is 3. The lowest BCUT2D eigenvalue weighted by atomic mass is 10.1. The second-order valence-corrected chi connectivity index (χ2v) is 4.37. The number of methoxy groups -OCH3 is 1. The van der Waals surface area contributed by atoms with E-state index >= 15 is 0 Å². The van der Waals surface area contributed by atoms with Crippen molar-refractivity contribution in [1.29, 1.82) is 0 Å². The van der Waals surface area contributed by atoms with Crippen LogP contribution in [0.3, 0.4) is 0 Å². The van der Waals surface area contributed by atoms with E-state index in [0.717, 1.165) is 0 Å². The molecule has 0 radical (unpaired) electrons. The predicted molar refractivity (Wildman–Crippen MR) is 76.1 cm³/mol. The number of hydrogen-bond acceptors (Lipinski definition) is 6. The zero-order valence-electron chi connectivity index (χ0n) is 11.9. The fourth-order valence-electron chi connectivity index (χ4n) is 1.80. The average Bonchev–Trinajstić information content (AvgIpc) is 2.95. The van der Waals surface area contributed by atoms with Crippen LogP contribution in [-0.4, -0.2) is 41.1 Å². The molecule has 0 unspecified atom stereocenters. The van der Waals surface area contributed by atoms with Crippen molar-refractivity contribution in [3.63, 3.8) is 0 Å². The maximum absolute atomic E-state index is 12.3. The van der Waals surface area contributed by atoms with E-state index in [1.807, 2.05) is 6.07 Å². The van der Waals surface area contributed by atoms with Crippen LogP contribution in [0.2, 0.25) is 0 Å². The molecule has 0 fully saturated rings. The first-order valence-corrected chi connectivity index (χ1v) is 6.57. The Bertz CT molecular complexity index is 597. The monoisotopic (exact) mass is 290 g/mol. The van der Waals surface area contributed by atoms with Crippen LogP contribution in [0.15, 0.2) is 30.5 Å². The van der Waals surface area contributed by atoms with Crippen LogP contribution in [-0.2, 0) is 17.8 Å². The molecule has 0 atom stereocenters. The van der Waals surface area contributed by atoms with E-state index in [0.29, 0.717) is 36.8 Å². The van der Waals surface area contributed by atoms with Crippen LogP contribution < -0.4 is 10.5 Å². The van der Waals surface area contributed by atoms with Crippen LogP contribution >= 0.6 is 0 Å². The Morgan fingerprint density at radius 1 is 1.33 bits per heavy atom. The summed E-state index contributed by atoms with van der Waals surface area (Å²) in [5.41, 5.74) is 6.62. The molecular formula is C14H18N4O3. The molecule has 0 saturated heterocycles. The van der Waals surface area contributed by atoms with Crippen molar-refractivity contribution in [1.82, 2.24) is 15.0 Å². The van der Waals surface area contributed by atoms with Gasteiger partial charge in [0, 0.05) is 13.7 Å². The van der Waals surface area contributed by atoms with Crippen molar-refractivity contribution in [2.45, 2.75) is 13.1 Å². The number of ether oxygens (including phenoxy) is 2. The summed E-state index contributed by atoms with van der Waals surface area (Å²) in [6, 6.07) is 7.10. The van der Waals surface area contributed by atoms with Crippen molar-refractivity contribution < 1.29 is 14.3 Å². The van der Waals surface area contributed by atoms with Crippen LogP contribution in [0, 0.1) is 0 Å². The van der Waals surface area contributed by atoms with Crippen molar-refractivity contribution in [3.05, 3.63) is 41.7 Å². The first kappa shape index (κ1) is 15.1. The van der Waals surface area contributed by atoms with Gasteiger partial charge in [-0.05, 0) is 12.1 Å². The summed E-state index contributed by atoms with van der Waals surface area (Å²) >= 11 is 0. The number of hydrogen-bond donors (Lipinski definition) is 1. The molecule has 1 heterocycles. The summed E-state index contributed by atoms with van der Waals surface area (Å²) in [6.07, 6.45) is 1.66. The molecule has 1 aromatic heterocycles. The van der Waals surface area contributed by atoms with Crippen molar-refractivity contribution >= 4 is 5.78 Å². The highest BCUT2D eigenvalue weighted by Crippen LogP contribution is 2.19. The number of nitrogens with two attached hydrogens (primary N) is 1. The maximum atomic E-state index is 12.3. The fourth-order valence-corrected chi connectivity index (χ4v) is 1.80. The van der Waals surface area contributed by atoms with Crippen molar-refractivity contribution in [2.24, 2.45) is 5.73 Å². The van der Waals surface area contributed by atoms with E-state index in [-0.39, 0.29) is 12.3 Å². The van der Waals surface area contributed by atoms with Gasteiger partial charge in [-0.15, -0.1) is 5.10 Å². The molecule has 2 aromatic rings. The molecule has 0 saturated carbocycles. The molecule has 0 aliphatic heterocycles. The Kier molecular flexibility index (Phi) is 5.42. The quantitative estimate of drug-likeness (QED) is 0.566. The van der Waals surface area contributed by atoms with E-state index in [1.165, 1.54) is 4.68 Å². The lowest BCUT2D eigenvalue weighted by Gasteiger charge is -2.10. The first-order valence-electron chi connectivity index (χ1n) is 6.57. The molecule has 2 rings (SSSR count). The molecule has 1 aromatic carbocycles. The lowest BCUT2D eigenvalue weighted by Crippen LogP contribution is -2.13. The lowest BCUT2D eigenvalue weighted by molar-refractivity contribution is 0.0959. The number of rotatable bonds is 8. The summed E-state index contributed by atoms with van der Waals surface area (Å²) in [6.45, 7) is 1.25. The first-order chi connectivity index (χ1) is 10.2. The average molecular weight is 290 g/mol. The Morgan fingerprint density at radius 3 is 2.86 bits per heavy atom. The minimum atomic E-state index is -0.100. The SMILES string of the molecule is COCCOc1ccccc1C(=O)Cn1cc(CN)nn1. The minimum absolute atomic E-state index is 0.0949. The number of Topliss-reactive ketones (excluding diaryl/α,β-unsaturated/α-hetero) is 1. The molecule has 0 spiro atoms. The van der Waals surface area contributed by atoms with Crippen molar-refractivity contribution in [3.8, 4) is 5.75 Å². The third-order valence-electron chi connectivity index (χ3n) is 2.83. The van der Waals surface area contributed by atoms with Crippen LogP contribution in [0.25, 0.3) is 0 Å². The number of ketones is 1. The van der Waals surface area contributed by atoms with E-state index in [1.54, 1.807) is 31.5 Å². The van der Waals surface area contributed by atoms with Gasteiger partial charge in [0.15, 0.2) is 5.78 Å². The molecule has 0 aliphatic rings. The topological polar surface area (TPSA) is 92.3 Å². The molecular weight excluding hydrogens is 272 g/mol. The number of carbonyl (C=O) groups is 1. The summed E-state index contributed by atoms with van der Waals surface area (Å²) < 4.78 is 12.0. The van der Waals surface area contributed by atoms with E-state index in [9.17, 15) is 4.79 Å². The number of carbonyl (C=O) groups excluding carboxylic acids is 1. The molecule has 7 heteroatoms. The highest BCUT2D eigenvalue weighted by Gasteiger charge is 2.13. The summed E-state index contributed by atoms with van der Waals surface area (Å²) in [7, 11) is 1.60. The Labute approximate surface area is 122 Å². The predicted octanol–water partition coefficient (Wildman–Crippen LogP) is 0.645. The smallest absolute Gasteiger partial charge is 0.188 e. The number of para-hydroxylation sites is 1. The molecule has 2 N–H and O–H groups in total. The molecule has 0 bridgehead atoms. The van der Waals surface area contributed by atoms with Gasteiger partial charge in [0.25, 0.3) is 0 Å². The zero-order valence-corrected chi connectivity index (χ0v) is 11.9. The molecule has 7 nitrogen and oxygen atoms in total. The standard InChI is InChI=1S/C14H18N4O3/c1-20-6-7-21-14-5-3-2-4-12(14)13(19)10-18-9-11(8-15)16-17-18/h2-5,9H,6-8,10,15H2,1H3. The van der Waals surface area contributed by atoms with Crippen LogP contribution in [0.1, 0.15) is 16.1 Å². The van der Waals surface area contributed by atoms with Gasteiger partial charge < -0.3 is 15.2 Å². The molecule has 0 amide bonds. The van der Waals surface area contributed by atoms with Gasteiger partial charge in [-0.1, -0.05) is 17.3 Å². The third kappa shape index (κ3) is 4.11. The second kappa shape index (κ2) is 7.51. The highest BCUT2D eigenvalue weighted by atomic mass is 16.5. The van der Waals surface area contributed by atoms with Gasteiger partial charge in [-0.25, -0.2) is 4.68 Å². The van der Waals surface area contributed by atoms with Crippen LogP contribution in [0.5, 0.6) is 5.75 Å². The molecule has 112 valence electrons. The number of benzene rings is 1. The maximum Gasteiger partial charge on any atom is 0.188 e. The summed E-state index contributed by atoms with van der Waals surface area (Å²) in [4.78, 5) is 12.3. The van der Waals surface area contributed by atoms with Gasteiger partial charge >= 0.3 is 0 Å². The summed E-state index contributed by atoms with van der Waals surface area (Å²) in [5.74, 6) is 0.440. The number of nitrogens with zero attached hydrogens (tertiary/aromatic N) is 3. The zero-order chi connectivity index (χ0) is 15.1. The second-order valence-electron chi connectivity index (χ2n) is 4.37. The normalized spacial score (nSPS) is 10.6. The van der Waals surface area contributed by atoms with E-state index in [4.69, 9.17) is 15.2 Å². The van der Waals surface area contributed by atoms with Gasteiger partial charge in [0.2, 0.25) is 0 Å².